The van der Waals surface area contributed by atoms with E-state index in [1.807, 2.05) is 38.1 Å². The lowest BCUT2D eigenvalue weighted by molar-refractivity contribution is -0.140. The van der Waals surface area contributed by atoms with Gasteiger partial charge in [0, 0.05) is 23.7 Å². The number of hydrogen-bond acceptors (Lipinski definition) is 7. The van der Waals surface area contributed by atoms with Crippen LogP contribution in [0, 0.1) is 6.92 Å². The molecule has 3 aromatic rings. The summed E-state index contributed by atoms with van der Waals surface area (Å²) in [6.07, 6.45) is 4.19. The van der Waals surface area contributed by atoms with Crippen LogP contribution in [0.15, 0.2) is 65.6 Å². The summed E-state index contributed by atoms with van der Waals surface area (Å²) < 4.78 is 46.0. The van der Waals surface area contributed by atoms with E-state index >= 15 is 0 Å². The highest BCUT2D eigenvalue weighted by Crippen LogP contribution is 2.37. The molecule has 1 saturated carbocycles. The maximum Gasteiger partial charge on any atom is 0.265 e. The SMILES string of the molecule is CCC(C(=O)NC1CCCC1)N(Cc1cccc(C)c1)C(=O)CN(c1cc(Cl)ccc1OC)S(=O)(=O)c1ccc(OC)c(OC)c1. The molecule has 4 rings (SSSR count). The van der Waals surface area contributed by atoms with Crippen molar-refractivity contribution in [2.75, 3.05) is 32.2 Å². The molecule has 1 atom stereocenters. The second-order valence-corrected chi connectivity index (χ2v) is 13.6. The van der Waals surface area contributed by atoms with Gasteiger partial charge in [0.1, 0.15) is 18.3 Å². The Bertz CT molecular complexity index is 1640. The smallest absolute Gasteiger partial charge is 0.265 e. The van der Waals surface area contributed by atoms with E-state index in [0.717, 1.165) is 41.1 Å². The molecule has 248 valence electrons. The zero-order valence-electron chi connectivity index (χ0n) is 26.9. The molecule has 46 heavy (non-hydrogen) atoms. The maximum absolute atomic E-state index is 14.5. The van der Waals surface area contributed by atoms with Crippen LogP contribution in [0.5, 0.6) is 17.2 Å². The van der Waals surface area contributed by atoms with Gasteiger partial charge in [-0.25, -0.2) is 8.42 Å². The number of carbonyl (C=O) groups is 2. The number of hydrogen-bond donors (Lipinski definition) is 1. The van der Waals surface area contributed by atoms with E-state index in [1.54, 1.807) is 6.07 Å². The Kier molecular flexibility index (Phi) is 11.8. The quantitative estimate of drug-likeness (QED) is 0.233. The molecule has 0 radical (unpaired) electrons. The van der Waals surface area contributed by atoms with Gasteiger partial charge >= 0.3 is 0 Å². The molecule has 3 aromatic carbocycles. The normalized spacial score (nSPS) is 14.0. The van der Waals surface area contributed by atoms with Gasteiger partial charge in [-0.1, -0.05) is 61.2 Å². The van der Waals surface area contributed by atoms with Gasteiger partial charge in [0.15, 0.2) is 11.5 Å². The summed E-state index contributed by atoms with van der Waals surface area (Å²) in [6, 6.07) is 15.6. The average molecular weight is 672 g/mol. The minimum Gasteiger partial charge on any atom is -0.495 e. The van der Waals surface area contributed by atoms with Gasteiger partial charge in [0.25, 0.3) is 10.0 Å². The molecule has 1 aliphatic rings. The Hall–Kier alpha value is -3.96. The van der Waals surface area contributed by atoms with E-state index in [-0.39, 0.29) is 45.6 Å². The van der Waals surface area contributed by atoms with Crippen LogP contribution in [0.25, 0.3) is 0 Å². The first-order chi connectivity index (χ1) is 22.0. The highest BCUT2D eigenvalue weighted by molar-refractivity contribution is 7.92. The number of halogens is 1. The molecular weight excluding hydrogens is 630 g/mol. The number of aryl methyl sites for hydroxylation is 1. The molecule has 0 spiro atoms. The lowest BCUT2D eigenvalue weighted by Gasteiger charge is -2.34. The van der Waals surface area contributed by atoms with E-state index in [9.17, 15) is 18.0 Å². The van der Waals surface area contributed by atoms with E-state index in [0.29, 0.717) is 12.2 Å². The van der Waals surface area contributed by atoms with Gasteiger partial charge in [0.05, 0.1) is 31.9 Å². The number of carbonyl (C=O) groups excluding carboxylic acids is 2. The van der Waals surface area contributed by atoms with Gasteiger partial charge in [-0.3, -0.25) is 13.9 Å². The molecule has 0 aliphatic heterocycles. The first-order valence-electron chi connectivity index (χ1n) is 15.3. The fraction of sp³-hybridized carbons (Fsp3) is 0.412. The molecule has 2 amide bonds. The Balaban J connectivity index is 1.80. The standard InChI is InChI=1S/C34H42ClN3O7S/c1-6-28(34(40)36-26-12-7-8-13-26)37(21-24-11-9-10-23(2)18-24)33(39)22-38(29-19-25(35)14-16-30(29)43-3)46(41,42)27-15-17-31(44-4)32(20-27)45-5/h9-11,14-20,26,28H,6-8,12-13,21-22H2,1-5H3,(H,36,40). The monoisotopic (exact) mass is 671 g/mol. The third-order valence-electron chi connectivity index (χ3n) is 8.15. The minimum absolute atomic E-state index is 0.0510. The van der Waals surface area contributed by atoms with Crippen LogP contribution in [0.3, 0.4) is 0 Å². The summed E-state index contributed by atoms with van der Waals surface area (Å²) in [6.45, 7) is 3.26. The molecule has 0 bridgehead atoms. The number of nitrogens with one attached hydrogen (secondary N) is 1. The first-order valence-corrected chi connectivity index (χ1v) is 17.1. The Labute approximate surface area is 276 Å². The van der Waals surface area contributed by atoms with Crippen LogP contribution in [0.4, 0.5) is 5.69 Å². The molecular formula is C34H42ClN3O7S. The molecule has 0 heterocycles. The van der Waals surface area contributed by atoms with E-state index in [2.05, 4.69) is 5.32 Å². The van der Waals surface area contributed by atoms with Crippen LogP contribution in [0.1, 0.15) is 50.2 Å². The second-order valence-electron chi connectivity index (χ2n) is 11.3. The highest BCUT2D eigenvalue weighted by Gasteiger charge is 2.36. The molecule has 1 N–H and O–H groups in total. The molecule has 1 fully saturated rings. The number of anilines is 1. The zero-order chi connectivity index (χ0) is 33.4. The fourth-order valence-electron chi connectivity index (χ4n) is 5.77. The number of ether oxygens (including phenoxy) is 3. The van der Waals surface area contributed by atoms with Gasteiger partial charge in [-0.15, -0.1) is 0 Å². The summed E-state index contributed by atoms with van der Waals surface area (Å²) in [5.41, 5.74) is 1.88. The van der Waals surface area contributed by atoms with Crippen molar-refractivity contribution in [3.05, 3.63) is 76.8 Å². The number of benzene rings is 3. The maximum atomic E-state index is 14.5. The molecule has 1 aliphatic carbocycles. The summed E-state index contributed by atoms with van der Waals surface area (Å²) in [7, 11) is -0.175. The number of nitrogens with zero attached hydrogens (tertiary/aromatic N) is 2. The summed E-state index contributed by atoms with van der Waals surface area (Å²) in [5.74, 6) is -0.0973. The van der Waals surface area contributed by atoms with Crippen molar-refractivity contribution in [2.24, 2.45) is 0 Å². The van der Waals surface area contributed by atoms with Crippen molar-refractivity contribution in [2.45, 2.75) is 69.5 Å². The molecule has 10 nitrogen and oxygen atoms in total. The second kappa shape index (κ2) is 15.6. The molecule has 0 aromatic heterocycles. The molecule has 0 saturated heterocycles. The molecule has 12 heteroatoms. The van der Waals surface area contributed by atoms with Crippen LogP contribution in [-0.2, 0) is 26.2 Å². The van der Waals surface area contributed by atoms with Gasteiger partial charge in [-0.05, 0) is 62.1 Å². The van der Waals surface area contributed by atoms with Crippen molar-refractivity contribution in [1.29, 1.82) is 0 Å². The van der Waals surface area contributed by atoms with Crippen LogP contribution >= 0.6 is 11.6 Å². The third kappa shape index (κ3) is 8.06. The number of amides is 2. The molecule has 1 unspecified atom stereocenters. The summed E-state index contributed by atoms with van der Waals surface area (Å²) in [4.78, 5) is 29.5. The number of sulfonamides is 1. The van der Waals surface area contributed by atoms with Crippen molar-refractivity contribution in [3.63, 3.8) is 0 Å². The van der Waals surface area contributed by atoms with Gasteiger partial charge < -0.3 is 24.4 Å². The fourth-order valence-corrected chi connectivity index (χ4v) is 7.37. The minimum atomic E-state index is -4.43. The lowest BCUT2D eigenvalue weighted by Crippen LogP contribution is -2.53. The van der Waals surface area contributed by atoms with E-state index in [1.165, 1.54) is 56.6 Å². The number of rotatable bonds is 14. The summed E-state index contributed by atoms with van der Waals surface area (Å²) in [5, 5.41) is 3.37. The lowest BCUT2D eigenvalue weighted by atomic mass is 10.1. The van der Waals surface area contributed by atoms with Crippen molar-refractivity contribution in [3.8, 4) is 17.2 Å². The van der Waals surface area contributed by atoms with Crippen molar-refractivity contribution < 1.29 is 32.2 Å². The number of methoxy groups -OCH3 is 3. The first kappa shape index (κ1) is 34.9. The zero-order valence-corrected chi connectivity index (χ0v) is 28.5. The largest absolute Gasteiger partial charge is 0.495 e. The van der Waals surface area contributed by atoms with E-state index in [4.69, 9.17) is 25.8 Å². The predicted molar refractivity (Wildman–Crippen MR) is 178 cm³/mol. The Morgan fingerprint density at radius 2 is 1.61 bits per heavy atom. The van der Waals surface area contributed by atoms with Crippen molar-refractivity contribution in [1.82, 2.24) is 10.2 Å². The van der Waals surface area contributed by atoms with Crippen LogP contribution < -0.4 is 23.8 Å². The van der Waals surface area contributed by atoms with Crippen LogP contribution in [-0.4, -0.2) is 65.1 Å². The Morgan fingerprint density at radius 1 is 0.935 bits per heavy atom. The van der Waals surface area contributed by atoms with Gasteiger partial charge in [-0.2, -0.15) is 0 Å². The average Bonchev–Trinajstić information content (AvgIpc) is 3.56. The highest BCUT2D eigenvalue weighted by atomic mass is 35.5. The van der Waals surface area contributed by atoms with Crippen LogP contribution in [0.2, 0.25) is 5.02 Å². The summed E-state index contributed by atoms with van der Waals surface area (Å²) >= 11 is 6.36. The third-order valence-corrected chi connectivity index (χ3v) is 10.1. The topological polar surface area (TPSA) is 114 Å². The predicted octanol–water partition coefficient (Wildman–Crippen LogP) is 5.74. The Morgan fingerprint density at radius 3 is 2.24 bits per heavy atom. The van der Waals surface area contributed by atoms with Crippen molar-refractivity contribution >= 4 is 39.1 Å². The van der Waals surface area contributed by atoms with E-state index < -0.39 is 28.5 Å². The van der Waals surface area contributed by atoms with Gasteiger partial charge in [0.2, 0.25) is 11.8 Å².